The molecule has 2 heteroatoms. The van der Waals surface area contributed by atoms with Gasteiger partial charge >= 0.3 is 0 Å². The molecule has 86 valence electrons. The molecule has 17 heavy (non-hydrogen) atoms. The maximum absolute atomic E-state index is 11.8. The summed E-state index contributed by atoms with van der Waals surface area (Å²) in [4.78, 5) is 15.8. The number of rotatable bonds is 5. The molecular formula is C15H15NO. The molecule has 0 unspecified atom stereocenters. The molecule has 1 aromatic carbocycles. The van der Waals surface area contributed by atoms with Crippen LogP contribution < -0.4 is 0 Å². The summed E-state index contributed by atoms with van der Waals surface area (Å²) in [5.41, 5.74) is 2.21. The third kappa shape index (κ3) is 3.83. The molecule has 0 atom stereocenters. The van der Waals surface area contributed by atoms with Gasteiger partial charge < -0.3 is 0 Å². The largest absolute Gasteiger partial charge is 0.299 e. The van der Waals surface area contributed by atoms with E-state index in [-0.39, 0.29) is 5.78 Å². The van der Waals surface area contributed by atoms with E-state index in [1.807, 2.05) is 48.7 Å². The van der Waals surface area contributed by atoms with Crippen LogP contribution in [0.1, 0.15) is 17.5 Å². The molecule has 0 bridgehead atoms. The third-order valence-electron chi connectivity index (χ3n) is 2.66. The van der Waals surface area contributed by atoms with Gasteiger partial charge in [0.25, 0.3) is 0 Å². The number of benzene rings is 1. The Morgan fingerprint density at radius 1 is 1.00 bits per heavy atom. The lowest BCUT2D eigenvalue weighted by atomic mass is 10.0. The molecule has 0 amide bonds. The van der Waals surface area contributed by atoms with Crippen LogP contribution in [0.2, 0.25) is 0 Å². The minimum atomic E-state index is 0.278. The molecule has 1 heterocycles. The van der Waals surface area contributed by atoms with E-state index < -0.39 is 0 Å². The van der Waals surface area contributed by atoms with E-state index in [2.05, 4.69) is 4.98 Å². The van der Waals surface area contributed by atoms with Gasteiger partial charge in [-0.3, -0.25) is 9.78 Å². The van der Waals surface area contributed by atoms with Crippen molar-refractivity contribution in [3.05, 3.63) is 66.0 Å². The van der Waals surface area contributed by atoms with E-state index in [0.717, 1.165) is 17.5 Å². The van der Waals surface area contributed by atoms with Crippen molar-refractivity contribution in [3.8, 4) is 0 Å². The number of nitrogens with zero attached hydrogens (tertiary/aromatic N) is 1. The molecule has 2 aromatic rings. The highest BCUT2D eigenvalue weighted by molar-refractivity contribution is 5.81. The molecule has 0 radical (unpaired) electrons. The van der Waals surface area contributed by atoms with Gasteiger partial charge in [0.15, 0.2) is 0 Å². The van der Waals surface area contributed by atoms with E-state index in [4.69, 9.17) is 0 Å². The van der Waals surface area contributed by atoms with E-state index in [9.17, 15) is 4.79 Å². The quantitative estimate of drug-likeness (QED) is 0.783. The fraction of sp³-hybridized carbons (Fsp3) is 0.200. The Kier molecular flexibility index (Phi) is 4.03. The van der Waals surface area contributed by atoms with Gasteiger partial charge in [-0.1, -0.05) is 36.4 Å². The topological polar surface area (TPSA) is 30.0 Å². The van der Waals surface area contributed by atoms with Gasteiger partial charge in [0.1, 0.15) is 5.78 Å². The van der Waals surface area contributed by atoms with Gasteiger partial charge in [0.2, 0.25) is 0 Å². The highest BCUT2D eigenvalue weighted by atomic mass is 16.1. The highest BCUT2D eigenvalue weighted by Gasteiger charge is 2.03. The molecular weight excluding hydrogens is 210 g/mol. The van der Waals surface area contributed by atoms with Crippen LogP contribution in [0.4, 0.5) is 0 Å². The lowest BCUT2D eigenvalue weighted by molar-refractivity contribution is -0.118. The second kappa shape index (κ2) is 5.94. The SMILES string of the molecule is O=C(CCc1cccnc1)Cc1ccccc1. The molecule has 1 aromatic heterocycles. The maximum Gasteiger partial charge on any atom is 0.137 e. The molecule has 0 saturated carbocycles. The smallest absolute Gasteiger partial charge is 0.137 e. The first-order chi connectivity index (χ1) is 8.34. The van der Waals surface area contributed by atoms with Crippen LogP contribution in [-0.4, -0.2) is 10.8 Å². The van der Waals surface area contributed by atoms with Gasteiger partial charge in [-0.2, -0.15) is 0 Å². The Hall–Kier alpha value is -1.96. The molecule has 2 rings (SSSR count). The van der Waals surface area contributed by atoms with Crippen molar-refractivity contribution >= 4 is 5.78 Å². The van der Waals surface area contributed by atoms with Crippen molar-refractivity contribution in [2.75, 3.05) is 0 Å². The summed E-state index contributed by atoms with van der Waals surface area (Å²) in [6, 6.07) is 13.8. The Morgan fingerprint density at radius 3 is 2.47 bits per heavy atom. The highest BCUT2D eigenvalue weighted by Crippen LogP contribution is 2.05. The average molecular weight is 225 g/mol. The standard InChI is InChI=1S/C15H15NO/c17-15(11-13-5-2-1-3-6-13)9-8-14-7-4-10-16-12-14/h1-7,10,12H,8-9,11H2. The van der Waals surface area contributed by atoms with Gasteiger partial charge in [0.05, 0.1) is 0 Å². The first kappa shape index (κ1) is 11.5. The van der Waals surface area contributed by atoms with Crippen molar-refractivity contribution in [1.82, 2.24) is 4.98 Å². The number of carbonyl (C=O) groups excluding carboxylic acids is 1. The summed E-state index contributed by atoms with van der Waals surface area (Å²) in [5, 5.41) is 0. The lowest BCUT2D eigenvalue weighted by Crippen LogP contribution is -2.04. The number of carbonyl (C=O) groups is 1. The second-order valence-corrected chi connectivity index (χ2v) is 4.06. The molecule has 0 aliphatic rings. The van der Waals surface area contributed by atoms with Crippen molar-refractivity contribution in [2.24, 2.45) is 0 Å². The van der Waals surface area contributed by atoms with Crippen LogP contribution in [0.3, 0.4) is 0 Å². The number of Topliss-reactive ketones (excluding diaryl/α,β-unsaturated/α-hetero) is 1. The predicted octanol–water partition coefficient (Wildman–Crippen LogP) is 2.83. The van der Waals surface area contributed by atoms with Crippen LogP contribution in [0.25, 0.3) is 0 Å². The van der Waals surface area contributed by atoms with Crippen molar-refractivity contribution < 1.29 is 4.79 Å². The molecule has 0 aliphatic heterocycles. The van der Waals surface area contributed by atoms with Crippen molar-refractivity contribution in [3.63, 3.8) is 0 Å². The molecule has 0 aliphatic carbocycles. The van der Waals surface area contributed by atoms with E-state index in [1.165, 1.54) is 0 Å². The summed E-state index contributed by atoms with van der Waals surface area (Å²) in [7, 11) is 0. The first-order valence-electron chi connectivity index (χ1n) is 5.79. The summed E-state index contributed by atoms with van der Waals surface area (Å²) in [6.45, 7) is 0. The van der Waals surface area contributed by atoms with Crippen molar-refractivity contribution in [1.29, 1.82) is 0 Å². The number of aromatic nitrogens is 1. The van der Waals surface area contributed by atoms with E-state index >= 15 is 0 Å². The predicted molar refractivity (Wildman–Crippen MR) is 67.7 cm³/mol. The van der Waals surface area contributed by atoms with E-state index in [1.54, 1.807) is 6.20 Å². The third-order valence-corrected chi connectivity index (χ3v) is 2.66. The normalized spacial score (nSPS) is 10.1. The number of pyridine rings is 1. The van der Waals surface area contributed by atoms with Gasteiger partial charge in [-0.15, -0.1) is 0 Å². The number of aryl methyl sites for hydroxylation is 1. The van der Waals surface area contributed by atoms with Crippen LogP contribution >= 0.6 is 0 Å². The second-order valence-electron chi connectivity index (χ2n) is 4.06. The summed E-state index contributed by atoms with van der Waals surface area (Å²) >= 11 is 0. The van der Waals surface area contributed by atoms with E-state index in [0.29, 0.717) is 12.8 Å². The Labute approximate surface area is 101 Å². The number of hydrogen-bond acceptors (Lipinski definition) is 2. The number of hydrogen-bond donors (Lipinski definition) is 0. The van der Waals surface area contributed by atoms with Crippen molar-refractivity contribution in [2.45, 2.75) is 19.3 Å². The fourth-order valence-electron chi connectivity index (χ4n) is 1.74. The van der Waals surface area contributed by atoms with Gasteiger partial charge in [0, 0.05) is 25.2 Å². The summed E-state index contributed by atoms with van der Waals surface area (Å²) < 4.78 is 0. The zero-order chi connectivity index (χ0) is 11.9. The van der Waals surface area contributed by atoms with Crippen LogP contribution in [0, 0.1) is 0 Å². The van der Waals surface area contributed by atoms with Gasteiger partial charge in [-0.25, -0.2) is 0 Å². The first-order valence-corrected chi connectivity index (χ1v) is 5.79. The molecule has 0 spiro atoms. The summed E-state index contributed by atoms with van der Waals surface area (Å²) in [6.07, 6.45) is 5.45. The minimum absolute atomic E-state index is 0.278. The minimum Gasteiger partial charge on any atom is -0.299 e. The zero-order valence-corrected chi connectivity index (χ0v) is 9.67. The van der Waals surface area contributed by atoms with Crippen LogP contribution in [-0.2, 0) is 17.6 Å². The van der Waals surface area contributed by atoms with Crippen LogP contribution in [0.15, 0.2) is 54.9 Å². The van der Waals surface area contributed by atoms with Gasteiger partial charge in [-0.05, 0) is 23.6 Å². The Balaban J connectivity index is 1.83. The maximum atomic E-state index is 11.8. The summed E-state index contributed by atoms with van der Waals surface area (Å²) in [5.74, 6) is 0.278. The fourth-order valence-corrected chi connectivity index (χ4v) is 1.74. The molecule has 0 N–H and O–H groups in total. The molecule has 2 nitrogen and oxygen atoms in total. The number of ketones is 1. The Morgan fingerprint density at radius 2 is 1.76 bits per heavy atom. The lowest BCUT2D eigenvalue weighted by Gasteiger charge is -2.01. The molecule has 0 fully saturated rings. The zero-order valence-electron chi connectivity index (χ0n) is 9.67. The monoisotopic (exact) mass is 225 g/mol. The average Bonchev–Trinajstić information content (AvgIpc) is 2.39. The van der Waals surface area contributed by atoms with Crippen LogP contribution in [0.5, 0.6) is 0 Å². The Bertz CT molecular complexity index is 465. The molecule has 0 saturated heterocycles.